The van der Waals surface area contributed by atoms with Gasteiger partial charge in [-0.3, -0.25) is 4.79 Å². The molecule has 0 saturated carbocycles. The van der Waals surface area contributed by atoms with Gasteiger partial charge < -0.3 is 9.84 Å². The minimum absolute atomic E-state index is 0.608. The molecule has 0 aromatic carbocycles. The van der Waals surface area contributed by atoms with Crippen molar-refractivity contribution in [3.05, 3.63) is 12.7 Å². The SMILES string of the molecule is C=CCCCOCCCCC(C)(C)C(=O)O. The molecule has 0 rings (SSSR count). The van der Waals surface area contributed by atoms with E-state index >= 15 is 0 Å². The van der Waals surface area contributed by atoms with Gasteiger partial charge in [0.05, 0.1) is 5.41 Å². The number of hydrogen-bond acceptors (Lipinski definition) is 2. The fourth-order valence-electron chi connectivity index (χ4n) is 1.31. The maximum atomic E-state index is 10.8. The molecule has 3 nitrogen and oxygen atoms in total. The number of aliphatic carboxylic acids is 1. The van der Waals surface area contributed by atoms with Crippen LogP contribution in [0.4, 0.5) is 0 Å². The summed E-state index contributed by atoms with van der Waals surface area (Å²) in [5.74, 6) is -0.723. The number of allylic oxidation sites excluding steroid dienone is 1. The van der Waals surface area contributed by atoms with Crippen LogP contribution >= 0.6 is 0 Å². The van der Waals surface area contributed by atoms with Crippen LogP contribution in [-0.4, -0.2) is 24.3 Å². The molecule has 0 radical (unpaired) electrons. The highest BCUT2D eigenvalue weighted by atomic mass is 16.5. The number of carboxylic acid groups (broad SMARTS) is 1. The zero-order valence-corrected chi connectivity index (χ0v) is 10.5. The van der Waals surface area contributed by atoms with E-state index in [0.717, 1.165) is 38.9 Å². The van der Waals surface area contributed by atoms with Gasteiger partial charge in [0, 0.05) is 13.2 Å². The van der Waals surface area contributed by atoms with Crippen LogP contribution in [-0.2, 0) is 9.53 Å². The van der Waals surface area contributed by atoms with E-state index in [9.17, 15) is 4.79 Å². The second kappa shape index (κ2) is 8.34. The lowest BCUT2D eigenvalue weighted by Gasteiger charge is -2.18. The molecule has 0 atom stereocenters. The topological polar surface area (TPSA) is 46.5 Å². The molecule has 0 amide bonds. The lowest BCUT2D eigenvalue weighted by Crippen LogP contribution is -2.23. The molecule has 0 aromatic rings. The molecule has 94 valence electrons. The minimum Gasteiger partial charge on any atom is -0.481 e. The molecule has 3 heteroatoms. The van der Waals surface area contributed by atoms with Crippen molar-refractivity contribution in [1.29, 1.82) is 0 Å². The zero-order valence-electron chi connectivity index (χ0n) is 10.5. The van der Waals surface area contributed by atoms with Gasteiger partial charge in [0.25, 0.3) is 0 Å². The Morgan fingerprint density at radius 3 is 2.50 bits per heavy atom. The summed E-state index contributed by atoms with van der Waals surface area (Å²) in [6, 6.07) is 0. The lowest BCUT2D eigenvalue weighted by molar-refractivity contribution is -0.147. The van der Waals surface area contributed by atoms with Crippen molar-refractivity contribution in [2.45, 2.75) is 46.0 Å². The van der Waals surface area contributed by atoms with E-state index in [1.165, 1.54) is 0 Å². The van der Waals surface area contributed by atoms with Gasteiger partial charge in [0.1, 0.15) is 0 Å². The van der Waals surface area contributed by atoms with Crippen molar-refractivity contribution < 1.29 is 14.6 Å². The molecule has 0 spiro atoms. The van der Waals surface area contributed by atoms with Crippen LogP contribution in [0.5, 0.6) is 0 Å². The van der Waals surface area contributed by atoms with Crippen LogP contribution in [0, 0.1) is 5.41 Å². The van der Waals surface area contributed by atoms with Gasteiger partial charge in [-0.1, -0.05) is 12.5 Å². The fourth-order valence-corrected chi connectivity index (χ4v) is 1.31. The zero-order chi connectivity index (χ0) is 12.4. The van der Waals surface area contributed by atoms with Gasteiger partial charge in [0.2, 0.25) is 0 Å². The summed E-state index contributed by atoms with van der Waals surface area (Å²) < 4.78 is 5.42. The van der Waals surface area contributed by atoms with E-state index < -0.39 is 11.4 Å². The van der Waals surface area contributed by atoms with Crippen LogP contribution in [0.25, 0.3) is 0 Å². The van der Waals surface area contributed by atoms with E-state index in [-0.39, 0.29) is 0 Å². The third-order valence-electron chi connectivity index (χ3n) is 2.62. The summed E-state index contributed by atoms with van der Waals surface area (Å²) in [7, 11) is 0. The number of hydrogen-bond donors (Lipinski definition) is 1. The molecule has 0 unspecified atom stereocenters. The van der Waals surface area contributed by atoms with Crippen molar-refractivity contribution in [2.24, 2.45) is 5.41 Å². The molecule has 0 saturated heterocycles. The highest BCUT2D eigenvalue weighted by molar-refractivity contribution is 5.73. The third kappa shape index (κ3) is 7.46. The van der Waals surface area contributed by atoms with Gasteiger partial charge in [-0.15, -0.1) is 6.58 Å². The van der Waals surface area contributed by atoms with Gasteiger partial charge in [0.15, 0.2) is 0 Å². The summed E-state index contributed by atoms with van der Waals surface area (Å²) in [5.41, 5.74) is -0.608. The summed E-state index contributed by atoms with van der Waals surface area (Å²) >= 11 is 0. The molecule has 0 bridgehead atoms. The summed E-state index contributed by atoms with van der Waals surface area (Å²) in [6.07, 6.45) is 6.44. The lowest BCUT2D eigenvalue weighted by atomic mass is 9.87. The van der Waals surface area contributed by atoms with Crippen LogP contribution in [0.2, 0.25) is 0 Å². The summed E-state index contributed by atoms with van der Waals surface area (Å²) in [4.78, 5) is 10.8. The first-order valence-corrected chi connectivity index (χ1v) is 5.93. The predicted octanol–water partition coefficient (Wildman–Crippen LogP) is 3.25. The molecule has 0 aliphatic heterocycles. The number of rotatable bonds is 10. The Morgan fingerprint density at radius 1 is 1.31 bits per heavy atom. The standard InChI is InChI=1S/C13H24O3/c1-4-5-7-10-16-11-8-6-9-13(2,3)12(14)15/h4H,1,5-11H2,2-3H3,(H,14,15). The van der Waals surface area contributed by atoms with E-state index in [0.29, 0.717) is 6.42 Å². The van der Waals surface area contributed by atoms with Crippen LogP contribution in [0.1, 0.15) is 46.0 Å². The Morgan fingerprint density at radius 2 is 1.94 bits per heavy atom. The highest BCUT2D eigenvalue weighted by Crippen LogP contribution is 2.23. The Balaban J connectivity index is 3.33. The number of carbonyl (C=O) groups is 1. The molecule has 16 heavy (non-hydrogen) atoms. The summed E-state index contributed by atoms with van der Waals surface area (Å²) in [6.45, 7) is 8.67. The van der Waals surface area contributed by atoms with Gasteiger partial charge in [-0.2, -0.15) is 0 Å². The molecule has 0 heterocycles. The van der Waals surface area contributed by atoms with E-state index in [1.54, 1.807) is 13.8 Å². The second-order valence-corrected chi connectivity index (χ2v) is 4.69. The van der Waals surface area contributed by atoms with E-state index in [2.05, 4.69) is 6.58 Å². The van der Waals surface area contributed by atoms with Crippen molar-refractivity contribution in [3.8, 4) is 0 Å². The van der Waals surface area contributed by atoms with Crippen molar-refractivity contribution in [1.82, 2.24) is 0 Å². The molecule has 0 fully saturated rings. The Kier molecular flexibility index (Phi) is 7.90. The maximum absolute atomic E-state index is 10.8. The molecule has 0 aliphatic rings. The molecule has 1 N–H and O–H groups in total. The monoisotopic (exact) mass is 228 g/mol. The van der Waals surface area contributed by atoms with Crippen molar-refractivity contribution in [2.75, 3.05) is 13.2 Å². The Labute approximate surface area is 98.5 Å². The maximum Gasteiger partial charge on any atom is 0.309 e. The van der Waals surface area contributed by atoms with Crippen LogP contribution in [0.3, 0.4) is 0 Å². The summed E-state index contributed by atoms with van der Waals surface area (Å²) in [5, 5.41) is 8.90. The number of carboxylic acids is 1. The number of ether oxygens (including phenoxy) is 1. The molecule has 0 aliphatic carbocycles. The Bertz CT molecular complexity index is 209. The molecular weight excluding hydrogens is 204 g/mol. The highest BCUT2D eigenvalue weighted by Gasteiger charge is 2.25. The van der Waals surface area contributed by atoms with E-state index in [4.69, 9.17) is 9.84 Å². The fraction of sp³-hybridized carbons (Fsp3) is 0.769. The third-order valence-corrected chi connectivity index (χ3v) is 2.62. The van der Waals surface area contributed by atoms with Crippen molar-refractivity contribution >= 4 is 5.97 Å². The quantitative estimate of drug-likeness (QED) is 0.461. The van der Waals surface area contributed by atoms with E-state index in [1.807, 2.05) is 6.08 Å². The first-order valence-electron chi connectivity index (χ1n) is 5.93. The second-order valence-electron chi connectivity index (χ2n) is 4.69. The van der Waals surface area contributed by atoms with Gasteiger partial charge in [-0.05, 0) is 39.5 Å². The first-order chi connectivity index (χ1) is 7.50. The van der Waals surface area contributed by atoms with Crippen LogP contribution in [0.15, 0.2) is 12.7 Å². The normalized spacial score (nSPS) is 11.4. The first kappa shape index (κ1) is 15.2. The molecular formula is C13H24O3. The van der Waals surface area contributed by atoms with Crippen molar-refractivity contribution in [3.63, 3.8) is 0 Å². The minimum atomic E-state index is -0.723. The van der Waals surface area contributed by atoms with Gasteiger partial charge >= 0.3 is 5.97 Å². The average Bonchev–Trinajstić information content (AvgIpc) is 2.21. The smallest absolute Gasteiger partial charge is 0.309 e. The molecule has 0 aromatic heterocycles. The Hall–Kier alpha value is -0.830. The number of unbranched alkanes of at least 4 members (excludes halogenated alkanes) is 2. The average molecular weight is 228 g/mol. The largest absolute Gasteiger partial charge is 0.481 e. The van der Waals surface area contributed by atoms with Crippen LogP contribution < -0.4 is 0 Å². The predicted molar refractivity (Wildman–Crippen MR) is 65.5 cm³/mol. The van der Waals surface area contributed by atoms with Gasteiger partial charge in [-0.25, -0.2) is 0 Å².